The van der Waals surface area contributed by atoms with E-state index in [1.165, 1.54) is 11.3 Å². The Morgan fingerprint density at radius 2 is 1.88 bits per heavy atom. The monoisotopic (exact) mass is 362 g/mol. The Morgan fingerprint density at radius 1 is 1.17 bits per heavy atom. The summed E-state index contributed by atoms with van der Waals surface area (Å²) < 4.78 is 37.6. The molecule has 0 aliphatic carbocycles. The molecule has 0 radical (unpaired) electrons. The van der Waals surface area contributed by atoms with Crippen molar-refractivity contribution in [1.82, 2.24) is 4.57 Å². The number of aryl methyl sites for hydroxylation is 2. The number of nitrogens with zero attached hydrogens (tertiary/aromatic N) is 2. The van der Waals surface area contributed by atoms with Gasteiger partial charge < -0.3 is 9.30 Å². The highest BCUT2D eigenvalue weighted by Crippen LogP contribution is 2.30. The Kier molecular flexibility index (Phi) is 4.47. The van der Waals surface area contributed by atoms with Crippen molar-refractivity contribution in [3.8, 4) is 5.75 Å². The molecule has 2 aromatic carbocycles. The molecule has 126 valence electrons. The molecule has 0 aliphatic rings. The fourth-order valence-electron chi connectivity index (χ4n) is 2.55. The van der Waals surface area contributed by atoms with E-state index in [9.17, 15) is 8.42 Å². The number of thiazole rings is 1. The molecule has 7 heteroatoms. The van der Waals surface area contributed by atoms with Gasteiger partial charge in [-0.3, -0.25) is 0 Å². The fraction of sp³-hybridized carbons (Fsp3) is 0.235. The predicted molar refractivity (Wildman–Crippen MR) is 96.0 cm³/mol. The van der Waals surface area contributed by atoms with Crippen molar-refractivity contribution in [2.45, 2.75) is 25.3 Å². The zero-order chi connectivity index (χ0) is 17.3. The number of methoxy groups -OCH3 is 1. The normalized spacial score (nSPS) is 12.7. The number of hydrogen-bond acceptors (Lipinski definition) is 4. The van der Waals surface area contributed by atoms with Crippen LogP contribution in [0.2, 0.25) is 0 Å². The van der Waals surface area contributed by atoms with E-state index in [4.69, 9.17) is 4.74 Å². The van der Waals surface area contributed by atoms with Crippen LogP contribution in [-0.4, -0.2) is 20.1 Å². The first-order valence-electron chi connectivity index (χ1n) is 7.51. The van der Waals surface area contributed by atoms with E-state index >= 15 is 0 Å². The third kappa shape index (κ3) is 2.85. The van der Waals surface area contributed by atoms with Gasteiger partial charge in [-0.15, -0.1) is 4.40 Å². The number of fused-ring (bicyclic) bond motifs is 1. The lowest BCUT2D eigenvalue weighted by molar-refractivity contribution is 0.417. The molecule has 3 rings (SSSR count). The van der Waals surface area contributed by atoms with E-state index in [1.807, 2.05) is 30.5 Å². The molecule has 3 aromatic rings. The van der Waals surface area contributed by atoms with Gasteiger partial charge in [0.05, 0.1) is 16.7 Å². The maximum absolute atomic E-state index is 12.6. The molecule has 0 spiro atoms. The minimum atomic E-state index is -3.75. The Balaban J connectivity index is 2.33. The molecular formula is C17H18N2O3S2. The average Bonchev–Trinajstić information content (AvgIpc) is 2.94. The zero-order valence-corrected chi connectivity index (χ0v) is 15.3. The van der Waals surface area contributed by atoms with E-state index in [-0.39, 0.29) is 4.90 Å². The number of rotatable bonds is 4. The Morgan fingerprint density at radius 3 is 2.50 bits per heavy atom. The van der Waals surface area contributed by atoms with Crippen LogP contribution < -0.4 is 9.54 Å². The van der Waals surface area contributed by atoms with E-state index in [2.05, 4.69) is 4.40 Å². The largest absolute Gasteiger partial charge is 0.495 e. The third-order valence-electron chi connectivity index (χ3n) is 3.76. The molecule has 0 atom stereocenters. The maximum Gasteiger partial charge on any atom is 0.285 e. The Labute approximate surface area is 144 Å². The lowest BCUT2D eigenvalue weighted by Gasteiger charge is -2.07. The van der Waals surface area contributed by atoms with Crippen LogP contribution in [0.4, 0.5) is 0 Å². The second kappa shape index (κ2) is 6.41. The summed E-state index contributed by atoms with van der Waals surface area (Å²) in [4.78, 5) is 0.637. The molecule has 0 N–H and O–H groups in total. The quantitative estimate of drug-likeness (QED) is 0.715. The topological polar surface area (TPSA) is 60.7 Å². The van der Waals surface area contributed by atoms with Crippen molar-refractivity contribution in [2.24, 2.45) is 4.40 Å². The van der Waals surface area contributed by atoms with Crippen molar-refractivity contribution >= 4 is 31.6 Å². The van der Waals surface area contributed by atoms with Crippen molar-refractivity contribution in [3.63, 3.8) is 0 Å². The van der Waals surface area contributed by atoms with Crippen molar-refractivity contribution in [1.29, 1.82) is 0 Å². The highest BCUT2D eigenvalue weighted by atomic mass is 32.2. The summed E-state index contributed by atoms with van der Waals surface area (Å²) in [5, 5.41) is 0. The Hall–Kier alpha value is -2.12. The summed E-state index contributed by atoms with van der Waals surface area (Å²) in [6, 6.07) is 12.1. The van der Waals surface area contributed by atoms with Gasteiger partial charge in [0, 0.05) is 6.54 Å². The zero-order valence-electron chi connectivity index (χ0n) is 13.7. The number of aromatic nitrogens is 1. The highest BCUT2D eigenvalue weighted by molar-refractivity contribution is 7.90. The molecule has 24 heavy (non-hydrogen) atoms. The lowest BCUT2D eigenvalue weighted by Crippen LogP contribution is -2.16. The molecule has 0 saturated carbocycles. The van der Waals surface area contributed by atoms with Crippen LogP contribution in [0.3, 0.4) is 0 Å². The van der Waals surface area contributed by atoms with E-state index < -0.39 is 10.0 Å². The minimum Gasteiger partial charge on any atom is -0.495 e. The maximum atomic E-state index is 12.6. The predicted octanol–water partition coefficient (Wildman–Crippen LogP) is 3.33. The van der Waals surface area contributed by atoms with Crippen LogP contribution in [0.1, 0.15) is 12.5 Å². The summed E-state index contributed by atoms with van der Waals surface area (Å²) in [5.41, 5.74) is 1.95. The summed E-state index contributed by atoms with van der Waals surface area (Å²) in [6.45, 7) is 4.55. The van der Waals surface area contributed by atoms with Gasteiger partial charge in [-0.05, 0) is 37.6 Å². The summed E-state index contributed by atoms with van der Waals surface area (Å²) in [7, 11) is -2.14. The molecule has 5 nitrogen and oxygen atoms in total. The lowest BCUT2D eigenvalue weighted by atomic mass is 10.2. The van der Waals surface area contributed by atoms with E-state index in [0.29, 0.717) is 17.1 Å². The summed E-state index contributed by atoms with van der Waals surface area (Å²) >= 11 is 1.36. The van der Waals surface area contributed by atoms with Gasteiger partial charge in [0.25, 0.3) is 10.0 Å². The van der Waals surface area contributed by atoms with E-state index in [1.54, 1.807) is 37.4 Å². The number of sulfonamides is 1. The number of hydrogen-bond donors (Lipinski definition) is 0. The van der Waals surface area contributed by atoms with Crippen LogP contribution in [0.15, 0.2) is 51.8 Å². The van der Waals surface area contributed by atoms with Gasteiger partial charge >= 0.3 is 0 Å². The van der Waals surface area contributed by atoms with Gasteiger partial charge in [0.1, 0.15) is 11.3 Å². The first kappa shape index (κ1) is 16.7. The molecule has 0 bridgehead atoms. The molecule has 0 aliphatic heterocycles. The second-order valence-corrected chi connectivity index (χ2v) is 7.85. The van der Waals surface area contributed by atoms with E-state index in [0.717, 1.165) is 15.8 Å². The molecule has 0 unspecified atom stereocenters. The van der Waals surface area contributed by atoms with Crippen LogP contribution in [0.5, 0.6) is 5.75 Å². The van der Waals surface area contributed by atoms with Gasteiger partial charge in [-0.2, -0.15) is 8.42 Å². The van der Waals surface area contributed by atoms with Gasteiger partial charge in [-0.25, -0.2) is 0 Å². The van der Waals surface area contributed by atoms with Gasteiger partial charge in [0.15, 0.2) is 0 Å². The molecule has 1 heterocycles. The van der Waals surface area contributed by atoms with Gasteiger partial charge in [0.2, 0.25) is 4.80 Å². The SMILES string of the molecule is CCn1c(=NS(=O)(=O)c2ccccc2)sc2c(C)ccc(OC)c21. The molecular weight excluding hydrogens is 344 g/mol. The first-order valence-corrected chi connectivity index (χ1v) is 9.76. The number of ether oxygens (including phenoxy) is 1. The molecule has 1 aromatic heterocycles. The standard InChI is InChI=1S/C17H18N2O3S2/c1-4-19-15-14(22-3)11-10-12(2)16(15)23-17(19)18-24(20,21)13-8-6-5-7-9-13/h5-11H,4H2,1-3H3. The smallest absolute Gasteiger partial charge is 0.285 e. The fourth-order valence-corrected chi connectivity index (χ4v) is 4.96. The summed E-state index contributed by atoms with van der Waals surface area (Å²) in [6.07, 6.45) is 0. The second-order valence-electron chi connectivity index (χ2n) is 5.27. The van der Waals surface area contributed by atoms with Crippen LogP contribution >= 0.6 is 11.3 Å². The minimum absolute atomic E-state index is 0.189. The first-order chi connectivity index (χ1) is 11.5. The van der Waals surface area contributed by atoms with Gasteiger partial charge in [-0.1, -0.05) is 35.6 Å². The van der Waals surface area contributed by atoms with Crippen LogP contribution in [0.25, 0.3) is 10.2 Å². The molecule has 0 amide bonds. The number of benzene rings is 2. The summed E-state index contributed by atoms with van der Waals surface area (Å²) in [5.74, 6) is 0.715. The molecule has 0 saturated heterocycles. The Bertz CT molecular complexity index is 1050. The molecule has 0 fully saturated rings. The average molecular weight is 362 g/mol. The highest BCUT2D eigenvalue weighted by Gasteiger charge is 2.16. The van der Waals surface area contributed by atoms with Crippen LogP contribution in [-0.2, 0) is 16.6 Å². The van der Waals surface area contributed by atoms with Crippen molar-refractivity contribution in [2.75, 3.05) is 7.11 Å². The van der Waals surface area contributed by atoms with Crippen molar-refractivity contribution in [3.05, 3.63) is 52.8 Å². The van der Waals surface area contributed by atoms with Crippen LogP contribution in [0, 0.1) is 6.92 Å². The van der Waals surface area contributed by atoms with Crippen molar-refractivity contribution < 1.29 is 13.2 Å². The third-order valence-corrected chi connectivity index (χ3v) is 6.37.